The number of likely N-dealkylation sites (N-methyl/N-ethyl adjacent to an activating group) is 1. The Morgan fingerprint density at radius 2 is 2.04 bits per heavy atom. The number of allylic oxidation sites excluding steroid dienone is 3. The van der Waals surface area contributed by atoms with Crippen molar-refractivity contribution in [3.63, 3.8) is 0 Å². The van der Waals surface area contributed by atoms with E-state index in [2.05, 4.69) is 11.6 Å². The molecule has 0 spiro atoms. The SMILES string of the molecule is C=C/C=C(\C=C/C)C(CCC)N(C)C(=O)/C(C#N)=C/c1c(Cl)cncc1Cl. The number of hydrogen-bond donors (Lipinski definition) is 0. The smallest absolute Gasteiger partial charge is 0.264 e. The summed E-state index contributed by atoms with van der Waals surface area (Å²) in [6.45, 7) is 7.70. The molecule has 1 rings (SSSR count). The third kappa shape index (κ3) is 6.09. The van der Waals surface area contributed by atoms with Crippen LogP contribution in [0, 0.1) is 11.3 Å². The van der Waals surface area contributed by atoms with Crippen molar-refractivity contribution in [1.29, 1.82) is 5.26 Å². The molecule has 1 aromatic heterocycles. The van der Waals surface area contributed by atoms with Crippen molar-refractivity contribution in [3.05, 3.63) is 70.0 Å². The van der Waals surface area contributed by atoms with Crippen molar-refractivity contribution in [2.75, 3.05) is 7.05 Å². The Bertz CT molecular complexity index is 799. The van der Waals surface area contributed by atoms with E-state index in [0.29, 0.717) is 5.56 Å². The minimum absolute atomic E-state index is 0.0490. The van der Waals surface area contributed by atoms with E-state index in [9.17, 15) is 10.1 Å². The molecule has 1 atom stereocenters. The Labute approximate surface area is 171 Å². The second-order valence-electron chi connectivity index (χ2n) is 5.81. The highest BCUT2D eigenvalue weighted by Gasteiger charge is 2.24. The van der Waals surface area contributed by atoms with Crippen molar-refractivity contribution in [2.24, 2.45) is 0 Å². The summed E-state index contributed by atoms with van der Waals surface area (Å²) in [5.74, 6) is -0.403. The first-order chi connectivity index (χ1) is 12.9. The number of rotatable bonds is 8. The zero-order valence-electron chi connectivity index (χ0n) is 15.7. The van der Waals surface area contributed by atoms with Crippen LogP contribution in [0.3, 0.4) is 0 Å². The first-order valence-electron chi connectivity index (χ1n) is 8.54. The van der Waals surface area contributed by atoms with E-state index in [0.717, 1.165) is 18.4 Å². The monoisotopic (exact) mass is 403 g/mol. The van der Waals surface area contributed by atoms with Gasteiger partial charge in [0.15, 0.2) is 0 Å². The molecule has 0 aliphatic heterocycles. The van der Waals surface area contributed by atoms with Gasteiger partial charge in [-0.05, 0) is 25.0 Å². The lowest BCUT2D eigenvalue weighted by molar-refractivity contribution is -0.126. The third-order valence-corrected chi connectivity index (χ3v) is 4.54. The summed E-state index contributed by atoms with van der Waals surface area (Å²) < 4.78 is 0. The molecule has 1 aromatic rings. The number of carbonyl (C=O) groups is 1. The van der Waals surface area contributed by atoms with Crippen LogP contribution in [0.2, 0.25) is 10.0 Å². The number of nitrogens with zero attached hydrogens (tertiary/aromatic N) is 3. The van der Waals surface area contributed by atoms with E-state index in [-0.39, 0.29) is 21.7 Å². The molecule has 0 fully saturated rings. The minimum Gasteiger partial charge on any atom is -0.334 e. The molecule has 0 aliphatic carbocycles. The molecule has 1 unspecified atom stereocenters. The Morgan fingerprint density at radius 1 is 1.41 bits per heavy atom. The zero-order chi connectivity index (χ0) is 20.4. The summed E-state index contributed by atoms with van der Waals surface area (Å²) in [7, 11) is 1.68. The van der Waals surface area contributed by atoms with Gasteiger partial charge in [0.05, 0.1) is 16.1 Å². The Morgan fingerprint density at radius 3 is 2.52 bits per heavy atom. The average molecular weight is 404 g/mol. The topological polar surface area (TPSA) is 57.0 Å². The predicted octanol–water partition coefficient (Wildman–Crippen LogP) is 5.61. The average Bonchev–Trinajstić information content (AvgIpc) is 2.65. The molecule has 6 heteroatoms. The van der Waals surface area contributed by atoms with Crippen molar-refractivity contribution < 1.29 is 4.79 Å². The van der Waals surface area contributed by atoms with Crippen LogP contribution in [0.15, 0.2) is 54.4 Å². The van der Waals surface area contributed by atoms with Crippen LogP contribution in [0.1, 0.15) is 32.3 Å². The number of hydrogen-bond acceptors (Lipinski definition) is 3. The van der Waals surface area contributed by atoms with E-state index in [4.69, 9.17) is 23.2 Å². The Balaban J connectivity index is 3.32. The summed E-state index contributed by atoms with van der Waals surface area (Å²) in [4.78, 5) is 18.4. The fourth-order valence-electron chi connectivity index (χ4n) is 2.64. The highest BCUT2D eigenvalue weighted by molar-refractivity contribution is 6.37. The summed E-state index contributed by atoms with van der Waals surface area (Å²) in [6, 6.07) is 1.78. The Kier molecular flexibility index (Phi) is 9.56. The van der Waals surface area contributed by atoms with Gasteiger partial charge in [-0.15, -0.1) is 0 Å². The first-order valence-corrected chi connectivity index (χ1v) is 9.30. The lowest BCUT2D eigenvalue weighted by Gasteiger charge is -2.29. The normalized spacial score (nSPS) is 13.3. The van der Waals surface area contributed by atoms with Crippen molar-refractivity contribution in [3.8, 4) is 6.07 Å². The van der Waals surface area contributed by atoms with Crippen LogP contribution in [0.4, 0.5) is 0 Å². The van der Waals surface area contributed by atoms with Gasteiger partial charge in [-0.2, -0.15) is 5.26 Å². The second kappa shape index (κ2) is 11.4. The van der Waals surface area contributed by atoms with Crippen molar-refractivity contribution in [2.45, 2.75) is 32.7 Å². The summed E-state index contributed by atoms with van der Waals surface area (Å²) in [5.41, 5.74) is 1.29. The van der Waals surface area contributed by atoms with Crippen LogP contribution in [-0.4, -0.2) is 28.9 Å². The molecule has 0 aromatic carbocycles. The molecule has 0 aliphatic rings. The molecule has 142 valence electrons. The number of pyridine rings is 1. The van der Waals surface area contributed by atoms with Gasteiger partial charge in [-0.1, -0.05) is 67.4 Å². The molecule has 0 saturated heterocycles. The standard InChI is InChI=1S/C21H23Cl2N3O/c1-5-8-15(9-6-2)20(10-7-3)26(4)21(27)16(12-24)11-17-18(22)13-25-14-19(17)23/h5-6,8-9,11,13-14,20H,1,7,10H2,2-4H3/b9-6-,15-8+,16-11+. The van der Waals surface area contributed by atoms with Crippen LogP contribution in [0.25, 0.3) is 6.08 Å². The van der Waals surface area contributed by atoms with Gasteiger partial charge in [-0.3, -0.25) is 9.78 Å². The molecule has 27 heavy (non-hydrogen) atoms. The van der Waals surface area contributed by atoms with E-state index >= 15 is 0 Å². The first kappa shape index (κ1) is 22.7. The van der Waals surface area contributed by atoms with E-state index in [1.165, 1.54) is 18.5 Å². The van der Waals surface area contributed by atoms with Gasteiger partial charge in [0.2, 0.25) is 0 Å². The number of carbonyl (C=O) groups excluding carboxylic acids is 1. The molecule has 0 radical (unpaired) electrons. The zero-order valence-corrected chi connectivity index (χ0v) is 17.3. The molecular weight excluding hydrogens is 381 g/mol. The van der Waals surface area contributed by atoms with Crippen molar-refractivity contribution >= 4 is 35.2 Å². The quantitative estimate of drug-likeness (QED) is 0.321. The van der Waals surface area contributed by atoms with E-state index in [1.807, 2.05) is 38.1 Å². The van der Waals surface area contributed by atoms with Gasteiger partial charge < -0.3 is 4.90 Å². The molecular formula is C21H23Cl2N3O. The fourth-order valence-corrected chi connectivity index (χ4v) is 3.11. The third-order valence-electron chi connectivity index (χ3n) is 3.93. The highest BCUT2D eigenvalue weighted by atomic mass is 35.5. The van der Waals surface area contributed by atoms with Crippen LogP contribution < -0.4 is 0 Å². The molecule has 0 bridgehead atoms. The fraction of sp³-hybridized carbons (Fsp3) is 0.286. The molecule has 0 N–H and O–H groups in total. The Hall–Kier alpha value is -2.35. The van der Waals surface area contributed by atoms with Gasteiger partial charge in [0.25, 0.3) is 5.91 Å². The predicted molar refractivity (Wildman–Crippen MR) is 112 cm³/mol. The van der Waals surface area contributed by atoms with Crippen LogP contribution in [0.5, 0.6) is 0 Å². The highest BCUT2D eigenvalue weighted by Crippen LogP contribution is 2.26. The summed E-state index contributed by atoms with van der Waals surface area (Å²) in [5, 5.41) is 10.1. The lowest BCUT2D eigenvalue weighted by Crippen LogP contribution is -2.38. The summed E-state index contributed by atoms with van der Waals surface area (Å²) in [6.07, 6.45) is 13.3. The molecule has 1 heterocycles. The minimum atomic E-state index is -0.403. The molecule has 0 saturated carbocycles. The number of aromatic nitrogens is 1. The van der Waals surface area contributed by atoms with Gasteiger partial charge in [0, 0.05) is 25.0 Å². The number of halogens is 2. The molecule has 1 amide bonds. The van der Waals surface area contributed by atoms with Crippen molar-refractivity contribution in [1.82, 2.24) is 9.88 Å². The maximum Gasteiger partial charge on any atom is 0.264 e. The maximum atomic E-state index is 13.0. The number of amides is 1. The van der Waals surface area contributed by atoms with Crippen LogP contribution >= 0.6 is 23.2 Å². The summed E-state index contributed by atoms with van der Waals surface area (Å²) >= 11 is 12.2. The van der Waals surface area contributed by atoms with Crippen LogP contribution in [-0.2, 0) is 4.79 Å². The lowest BCUT2D eigenvalue weighted by atomic mass is 9.98. The van der Waals surface area contributed by atoms with Gasteiger partial charge in [0.1, 0.15) is 11.6 Å². The van der Waals surface area contributed by atoms with E-state index in [1.54, 1.807) is 18.0 Å². The van der Waals surface area contributed by atoms with Gasteiger partial charge in [-0.25, -0.2) is 0 Å². The molecule has 4 nitrogen and oxygen atoms in total. The number of nitriles is 1. The van der Waals surface area contributed by atoms with E-state index < -0.39 is 5.91 Å². The second-order valence-corrected chi connectivity index (χ2v) is 6.62. The van der Waals surface area contributed by atoms with Gasteiger partial charge >= 0.3 is 0 Å². The maximum absolute atomic E-state index is 13.0. The largest absolute Gasteiger partial charge is 0.334 e.